The maximum atomic E-state index is 5.60. The van der Waals surface area contributed by atoms with Crippen LogP contribution in [0.2, 0.25) is 0 Å². The highest BCUT2D eigenvalue weighted by Gasteiger charge is 2.02. The zero-order valence-corrected chi connectivity index (χ0v) is 10.0. The van der Waals surface area contributed by atoms with Crippen LogP contribution in [0.15, 0.2) is 41.1 Å². The summed E-state index contributed by atoms with van der Waals surface area (Å²) in [6.45, 7) is 0.427. The standard InChI is InChI=1S/C11H10BrN3O/c12-9-3-1-8(2-4-9)7-16-11-10(13)14-5-6-15-11/h1-6H,7H2,(H2,13,14). The molecule has 4 nitrogen and oxygen atoms in total. The van der Waals surface area contributed by atoms with Crippen LogP contribution in [0.5, 0.6) is 5.88 Å². The first-order valence-corrected chi connectivity index (χ1v) is 5.49. The van der Waals surface area contributed by atoms with Crippen molar-refractivity contribution in [2.75, 3.05) is 5.73 Å². The number of ether oxygens (including phenoxy) is 1. The Morgan fingerprint density at radius 1 is 1.12 bits per heavy atom. The molecule has 0 aliphatic carbocycles. The van der Waals surface area contributed by atoms with Crippen molar-refractivity contribution in [3.8, 4) is 5.88 Å². The molecular weight excluding hydrogens is 270 g/mol. The highest BCUT2D eigenvalue weighted by Crippen LogP contribution is 2.16. The number of rotatable bonds is 3. The van der Waals surface area contributed by atoms with Gasteiger partial charge in [0.2, 0.25) is 0 Å². The second-order valence-corrected chi connectivity index (χ2v) is 4.08. The summed E-state index contributed by atoms with van der Waals surface area (Å²) in [5, 5.41) is 0. The molecule has 0 saturated heterocycles. The van der Waals surface area contributed by atoms with Gasteiger partial charge in [0, 0.05) is 16.9 Å². The van der Waals surface area contributed by atoms with Crippen LogP contribution in [-0.4, -0.2) is 9.97 Å². The van der Waals surface area contributed by atoms with E-state index in [-0.39, 0.29) is 0 Å². The van der Waals surface area contributed by atoms with Crippen LogP contribution in [0.1, 0.15) is 5.56 Å². The number of nitrogens with two attached hydrogens (primary N) is 1. The third-order valence-corrected chi connectivity index (χ3v) is 2.51. The third-order valence-electron chi connectivity index (χ3n) is 1.98. The van der Waals surface area contributed by atoms with Crippen molar-refractivity contribution >= 4 is 21.7 Å². The summed E-state index contributed by atoms with van der Waals surface area (Å²) in [6.07, 6.45) is 3.08. The monoisotopic (exact) mass is 279 g/mol. The van der Waals surface area contributed by atoms with Gasteiger partial charge in [0.25, 0.3) is 5.88 Å². The molecule has 1 aromatic heterocycles. The van der Waals surface area contributed by atoms with E-state index < -0.39 is 0 Å². The fourth-order valence-electron chi connectivity index (χ4n) is 1.18. The minimum atomic E-state index is 0.305. The van der Waals surface area contributed by atoms with Crippen molar-refractivity contribution in [1.82, 2.24) is 9.97 Å². The van der Waals surface area contributed by atoms with Crippen molar-refractivity contribution in [3.63, 3.8) is 0 Å². The van der Waals surface area contributed by atoms with E-state index in [1.807, 2.05) is 24.3 Å². The zero-order chi connectivity index (χ0) is 11.4. The lowest BCUT2D eigenvalue weighted by atomic mass is 10.2. The lowest BCUT2D eigenvalue weighted by Gasteiger charge is -2.06. The number of nitrogens with zero attached hydrogens (tertiary/aromatic N) is 2. The summed E-state index contributed by atoms with van der Waals surface area (Å²) < 4.78 is 6.49. The molecular formula is C11H10BrN3O. The van der Waals surface area contributed by atoms with E-state index in [1.165, 1.54) is 6.20 Å². The molecule has 0 bridgehead atoms. The van der Waals surface area contributed by atoms with Gasteiger partial charge in [-0.3, -0.25) is 0 Å². The Bertz CT molecular complexity index is 473. The molecule has 2 rings (SSSR count). The van der Waals surface area contributed by atoms with Crippen LogP contribution in [0.25, 0.3) is 0 Å². The number of hydrogen-bond acceptors (Lipinski definition) is 4. The molecule has 0 saturated carbocycles. The zero-order valence-electron chi connectivity index (χ0n) is 8.43. The Kier molecular flexibility index (Phi) is 3.36. The topological polar surface area (TPSA) is 61.0 Å². The number of nitrogen functional groups attached to an aromatic ring is 1. The summed E-state index contributed by atoms with van der Waals surface area (Å²) in [4.78, 5) is 7.88. The Morgan fingerprint density at radius 3 is 2.50 bits per heavy atom. The van der Waals surface area contributed by atoms with Gasteiger partial charge in [-0.2, -0.15) is 0 Å². The smallest absolute Gasteiger partial charge is 0.257 e. The van der Waals surface area contributed by atoms with Crippen LogP contribution in [0, 0.1) is 0 Å². The molecule has 82 valence electrons. The number of aromatic nitrogens is 2. The number of anilines is 1. The highest BCUT2D eigenvalue weighted by molar-refractivity contribution is 9.10. The van der Waals surface area contributed by atoms with Crippen LogP contribution in [-0.2, 0) is 6.61 Å². The first-order chi connectivity index (χ1) is 7.75. The number of hydrogen-bond donors (Lipinski definition) is 1. The molecule has 1 heterocycles. The van der Waals surface area contributed by atoms with Crippen molar-refractivity contribution in [2.24, 2.45) is 0 Å². The van der Waals surface area contributed by atoms with E-state index in [0.29, 0.717) is 18.3 Å². The molecule has 0 aliphatic rings. The average molecular weight is 280 g/mol. The largest absolute Gasteiger partial charge is 0.470 e. The third kappa shape index (κ3) is 2.70. The van der Waals surface area contributed by atoms with E-state index >= 15 is 0 Å². The Labute approximate surface area is 102 Å². The second kappa shape index (κ2) is 4.94. The molecule has 0 atom stereocenters. The SMILES string of the molecule is Nc1nccnc1OCc1ccc(Br)cc1. The van der Waals surface area contributed by atoms with Gasteiger partial charge in [-0.25, -0.2) is 9.97 Å². The van der Waals surface area contributed by atoms with Gasteiger partial charge in [-0.1, -0.05) is 28.1 Å². The van der Waals surface area contributed by atoms with Gasteiger partial charge in [-0.15, -0.1) is 0 Å². The highest BCUT2D eigenvalue weighted by atomic mass is 79.9. The minimum Gasteiger partial charge on any atom is -0.470 e. The lowest BCUT2D eigenvalue weighted by Crippen LogP contribution is -2.01. The number of benzene rings is 1. The lowest BCUT2D eigenvalue weighted by molar-refractivity contribution is 0.294. The predicted molar refractivity (Wildman–Crippen MR) is 64.9 cm³/mol. The molecule has 1 aromatic carbocycles. The van der Waals surface area contributed by atoms with E-state index in [2.05, 4.69) is 25.9 Å². The summed E-state index contributed by atoms with van der Waals surface area (Å²) in [7, 11) is 0. The first-order valence-electron chi connectivity index (χ1n) is 4.69. The second-order valence-electron chi connectivity index (χ2n) is 3.16. The van der Waals surface area contributed by atoms with Crippen molar-refractivity contribution in [1.29, 1.82) is 0 Å². The van der Waals surface area contributed by atoms with Crippen LogP contribution in [0.4, 0.5) is 5.82 Å². The van der Waals surface area contributed by atoms with Crippen LogP contribution < -0.4 is 10.5 Å². The minimum absolute atomic E-state index is 0.305. The molecule has 0 aliphatic heterocycles. The van der Waals surface area contributed by atoms with Crippen LogP contribution >= 0.6 is 15.9 Å². The average Bonchev–Trinajstić information content (AvgIpc) is 2.30. The summed E-state index contributed by atoms with van der Waals surface area (Å²) >= 11 is 3.37. The Morgan fingerprint density at radius 2 is 1.81 bits per heavy atom. The number of halogens is 1. The molecule has 0 unspecified atom stereocenters. The first kappa shape index (κ1) is 10.9. The van der Waals surface area contributed by atoms with Crippen molar-refractivity contribution in [2.45, 2.75) is 6.61 Å². The van der Waals surface area contributed by atoms with E-state index in [1.54, 1.807) is 6.20 Å². The molecule has 0 amide bonds. The van der Waals surface area contributed by atoms with Gasteiger partial charge in [0.05, 0.1) is 0 Å². The Hall–Kier alpha value is -1.62. The van der Waals surface area contributed by atoms with Gasteiger partial charge in [0.1, 0.15) is 6.61 Å². The molecule has 5 heteroatoms. The van der Waals surface area contributed by atoms with Crippen molar-refractivity contribution in [3.05, 3.63) is 46.7 Å². The molecule has 2 N–H and O–H groups in total. The van der Waals surface area contributed by atoms with E-state index in [0.717, 1.165) is 10.0 Å². The molecule has 2 aromatic rings. The summed E-state index contributed by atoms with van der Waals surface area (Å²) in [6, 6.07) is 7.85. The van der Waals surface area contributed by atoms with Gasteiger partial charge < -0.3 is 10.5 Å². The quantitative estimate of drug-likeness (QED) is 0.937. The van der Waals surface area contributed by atoms with Gasteiger partial charge >= 0.3 is 0 Å². The van der Waals surface area contributed by atoms with Crippen molar-refractivity contribution < 1.29 is 4.74 Å². The summed E-state index contributed by atoms with van der Waals surface area (Å²) in [5.41, 5.74) is 6.65. The summed E-state index contributed by atoms with van der Waals surface area (Å²) in [5.74, 6) is 0.671. The maximum Gasteiger partial charge on any atom is 0.257 e. The fourth-order valence-corrected chi connectivity index (χ4v) is 1.44. The van der Waals surface area contributed by atoms with E-state index in [9.17, 15) is 0 Å². The van der Waals surface area contributed by atoms with Crippen LogP contribution in [0.3, 0.4) is 0 Å². The molecule has 0 fully saturated rings. The molecule has 16 heavy (non-hydrogen) atoms. The maximum absolute atomic E-state index is 5.60. The predicted octanol–water partition coefficient (Wildman–Crippen LogP) is 2.40. The Balaban J connectivity index is 2.02. The molecule has 0 spiro atoms. The normalized spacial score (nSPS) is 10.1. The van der Waals surface area contributed by atoms with Gasteiger partial charge in [0.15, 0.2) is 5.82 Å². The van der Waals surface area contributed by atoms with Gasteiger partial charge in [-0.05, 0) is 17.7 Å². The molecule has 0 radical (unpaired) electrons. The fraction of sp³-hybridized carbons (Fsp3) is 0.0909. The van der Waals surface area contributed by atoms with E-state index in [4.69, 9.17) is 10.5 Å².